The molecule has 0 amide bonds. The Hall–Kier alpha value is -1.65. The molecule has 0 heterocycles. The van der Waals surface area contributed by atoms with Gasteiger partial charge in [-0.3, -0.25) is 0 Å². The molecule has 0 radical (unpaired) electrons. The van der Waals surface area contributed by atoms with Crippen molar-refractivity contribution < 1.29 is 52.9 Å². The molecular weight excluding hydrogens is 419 g/mol. The van der Waals surface area contributed by atoms with Gasteiger partial charge < -0.3 is 0 Å². The SMILES string of the molecule is [2H]CC(=O)OC[C@@H](O)[C@](O)(C(=O)C[2H])[C@](O)(C(=O)C[2H])C(=O)[Se]CCOC(C)=O. The summed E-state index contributed by atoms with van der Waals surface area (Å²) < 4.78 is 28.8. The molecule has 0 saturated carbocycles. The van der Waals surface area contributed by atoms with Gasteiger partial charge in [-0.05, 0) is 0 Å². The van der Waals surface area contributed by atoms with Crippen molar-refractivity contribution in [2.24, 2.45) is 0 Å². The third-order valence-corrected chi connectivity index (χ3v) is 5.13. The minimum absolute atomic E-state index is 0.159. The molecule has 0 unspecified atom stereocenters. The van der Waals surface area contributed by atoms with Crippen LogP contribution in [0.5, 0.6) is 0 Å². The van der Waals surface area contributed by atoms with Crippen LogP contribution in [-0.4, -0.2) is 89.0 Å². The van der Waals surface area contributed by atoms with E-state index in [1.54, 1.807) is 0 Å². The minimum atomic E-state index is -3.59. The van der Waals surface area contributed by atoms with E-state index in [4.69, 9.17) is 4.11 Å². The molecule has 0 spiro atoms. The quantitative estimate of drug-likeness (QED) is 0.137. The van der Waals surface area contributed by atoms with Crippen LogP contribution in [0.25, 0.3) is 0 Å². The summed E-state index contributed by atoms with van der Waals surface area (Å²) in [7, 11) is 0. The topological polar surface area (TPSA) is 164 Å². The first-order valence-electron chi connectivity index (χ1n) is 9.08. The first-order valence-corrected chi connectivity index (χ1v) is 9.03. The Bertz CT molecular complexity index is 646. The molecule has 0 aliphatic rings. The van der Waals surface area contributed by atoms with Gasteiger partial charge in [0, 0.05) is 0 Å². The van der Waals surface area contributed by atoms with Crippen LogP contribution >= 0.6 is 0 Å². The fraction of sp³-hybridized carbons (Fsp3) is 0.667. The molecule has 3 atom stereocenters. The molecule has 0 aromatic rings. The molecule has 0 aliphatic carbocycles. The van der Waals surface area contributed by atoms with E-state index in [1.165, 1.54) is 0 Å². The number of hydrogen-bond donors (Lipinski definition) is 3. The van der Waals surface area contributed by atoms with Crippen molar-refractivity contribution in [1.82, 2.24) is 0 Å². The summed E-state index contributed by atoms with van der Waals surface area (Å²) in [5.74, 6) is -5.07. The average Bonchev–Trinajstić information content (AvgIpc) is 2.71. The predicted molar refractivity (Wildman–Crippen MR) is 86.1 cm³/mol. The third kappa shape index (κ3) is 5.42. The number of carbonyl (C=O) groups excluding carboxylic acids is 5. The number of carbonyl (C=O) groups is 5. The summed E-state index contributed by atoms with van der Waals surface area (Å²) in [6.45, 7) is -3.71. The Morgan fingerprint density at radius 2 is 1.65 bits per heavy atom. The van der Waals surface area contributed by atoms with Crippen LogP contribution in [0, 0.1) is 0 Å². The molecule has 0 aliphatic heterocycles. The van der Waals surface area contributed by atoms with Gasteiger partial charge in [-0.1, -0.05) is 0 Å². The maximum atomic E-state index is 12.6. The van der Waals surface area contributed by atoms with Crippen LogP contribution in [0.1, 0.15) is 31.7 Å². The van der Waals surface area contributed by atoms with E-state index in [2.05, 4.69) is 9.47 Å². The summed E-state index contributed by atoms with van der Waals surface area (Å²) in [5, 5.41) is 31.6. The Balaban J connectivity index is 5.97. The van der Waals surface area contributed by atoms with E-state index in [1.807, 2.05) is 0 Å². The number of aliphatic hydroxyl groups excluding tert-OH is 1. The summed E-state index contributed by atoms with van der Waals surface area (Å²) in [6, 6.07) is 0. The number of aliphatic hydroxyl groups is 3. The number of hydrogen-bond acceptors (Lipinski definition) is 10. The van der Waals surface area contributed by atoms with Crippen LogP contribution in [0.15, 0.2) is 0 Å². The van der Waals surface area contributed by atoms with E-state index >= 15 is 0 Å². The second-order valence-corrected chi connectivity index (χ2v) is 7.24. The summed E-state index contributed by atoms with van der Waals surface area (Å²) in [6.07, 6.45) is -2.51. The fourth-order valence-electron chi connectivity index (χ4n) is 1.83. The van der Waals surface area contributed by atoms with E-state index in [0.29, 0.717) is 0 Å². The van der Waals surface area contributed by atoms with Crippen molar-refractivity contribution in [3.05, 3.63) is 0 Å². The first kappa shape index (κ1) is 19.1. The van der Waals surface area contributed by atoms with Crippen molar-refractivity contribution in [2.45, 2.75) is 50.2 Å². The number of esters is 2. The third-order valence-electron chi connectivity index (χ3n) is 3.18. The fourth-order valence-corrected chi connectivity index (χ4v) is 3.57. The number of ketones is 2. The van der Waals surface area contributed by atoms with Crippen molar-refractivity contribution in [3.63, 3.8) is 0 Å². The van der Waals surface area contributed by atoms with E-state index in [0.717, 1.165) is 6.92 Å². The molecule has 0 aromatic carbocycles. The van der Waals surface area contributed by atoms with Crippen molar-refractivity contribution >= 4 is 43.1 Å². The molecule has 148 valence electrons. The molecule has 11 heteroatoms. The standard InChI is InChI=1S/C15H22O10Se/c1-8(16)14(22,12(20)7-25-11(4)19)15(23,9(2)17)13(21)26-6-5-24-10(3)18/h12,20,22-23H,5-7H2,1-4H3/t12-,14-,15+/m1/s1/i1D,2D,4D. The van der Waals surface area contributed by atoms with Gasteiger partial charge in [-0.25, -0.2) is 0 Å². The van der Waals surface area contributed by atoms with Gasteiger partial charge in [0.1, 0.15) is 0 Å². The predicted octanol–water partition coefficient (Wildman–Crippen LogP) is -2.24. The van der Waals surface area contributed by atoms with Gasteiger partial charge in [0.15, 0.2) is 0 Å². The zero-order valence-electron chi connectivity index (χ0n) is 16.9. The van der Waals surface area contributed by atoms with E-state index in [9.17, 15) is 39.3 Å². The second-order valence-electron chi connectivity index (χ2n) is 5.00. The molecule has 0 rings (SSSR count). The summed E-state index contributed by atoms with van der Waals surface area (Å²) >= 11 is -1.34. The summed E-state index contributed by atoms with van der Waals surface area (Å²) in [4.78, 5) is 58.9. The van der Waals surface area contributed by atoms with Crippen LogP contribution in [0.3, 0.4) is 0 Å². The second kappa shape index (κ2) is 9.88. The number of ether oxygens (including phenoxy) is 2. The van der Waals surface area contributed by atoms with Gasteiger partial charge in [-0.15, -0.1) is 0 Å². The van der Waals surface area contributed by atoms with Crippen LogP contribution < -0.4 is 0 Å². The van der Waals surface area contributed by atoms with Crippen molar-refractivity contribution in [2.75, 3.05) is 13.2 Å². The zero-order chi connectivity index (χ0) is 22.8. The van der Waals surface area contributed by atoms with E-state index in [-0.39, 0.29) is 11.9 Å². The first-order chi connectivity index (χ1) is 13.4. The van der Waals surface area contributed by atoms with E-state index < -0.39 is 87.8 Å². The van der Waals surface area contributed by atoms with Crippen LogP contribution in [0.2, 0.25) is 5.32 Å². The Kier molecular flexibility index (Phi) is 7.27. The Morgan fingerprint density at radius 3 is 2.15 bits per heavy atom. The molecular formula is C15H22O10Se. The molecule has 26 heavy (non-hydrogen) atoms. The monoisotopic (exact) mass is 445 g/mol. The van der Waals surface area contributed by atoms with Gasteiger partial charge >= 0.3 is 159 Å². The normalized spacial score (nSPS) is 18.1. The summed E-state index contributed by atoms with van der Waals surface area (Å²) in [5.41, 5.74) is -7.16. The molecule has 10 nitrogen and oxygen atoms in total. The van der Waals surface area contributed by atoms with Crippen LogP contribution in [-0.2, 0) is 33.4 Å². The zero-order valence-corrected chi connectivity index (χ0v) is 15.6. The number of Topliss-reactive ketones (excluding diaryl/α,β-unsaturated/α-hetero) is 2. The van der Waals surface area contributed by atoms with Crippen LogP contribution in [0.4, 0.5) is 0 Å². The maximum absolute atomic E-state index is 12.6. The Morgan fingerprint density at radius 1 is 1.04 bits per heavy atom. The number of rotatable bonds is 11. The van der Waals surface area contributed by atoms with Gasteiger partial charge in [0.25, 0.3) is 0 Å². The molecule has 0 fully saturated rings. The molecule has 3 N–H and O–H groups in total. The average molecular weight is 444 g/mol. The van der Waals surface area contributed by atoms with Crippen molar-refractivity contribution in [3.8, 4) is 0 Å². The molecule has 0 saturated heterocycles. The van der Waals surface area contributed by atoms with Gasteiger partial charge in [0.05, 0.1) is 0 Å². The Labute approximate surface area is 160 Å². The van der Waals surface area contributed by atoms with Crippen molar-refractivity contribution in [1.29, 1.82) is 0 Å². The van der Waals surface area contributed by atoms with Gasteiger partial charge in [-0.2, -0.15) is 0 Å². The van der Waals surface area contributed by atoms with Gasteiger partial charge in [0.2, 0.25) is 0 Å². The molecule has 0 bridgehead atoms. The molecule has 0 aromatic heterocycles.